The van der Waals surface area contributed by atoms with Crippen molar-refractivity contribution in [1.29, 1.82) is 0 Å². The van der Waals surface area contributed by atoms with E-state index in [2.05, 4.69) is 0 Å². The maximum absolute atomic E-state index is 13.3. The molecule has 0 saturated carbocycles. The van der Waals surface area contributed by atoms with Crippen molar-refractivity contribution in [2.24, 2.45) is 5.73 Å². The Bertz CT molecular complexity index is 587. The highest BCUT2D eigenvalue weighted by Gasteiger charge is 2.35. The number of benzene rings is 1. The van der Waals surface area contributed by atoms with Gasteiger partial charge in [0, 0.05) is 18.6 Å². The highest BCUT2D eigenvalue weighted by atomic mass is 32.2. The van der Waals surface area contributed by atoms with E-state index in [1.54, 1.807) is 6.92 Å². The van der Waals surface area contributed by atoms with Crippen LogP contribution in [0, 0.1) is 12.7 Å². The lowest BCUT2D eigenvalue weighted by Gasteiger charge is -2.36. The van der Waals surface area contributed by atoms with Crippen molar-refractivity contribution >= 4 is 10.0 Å². The second-order valence-corrected chi connectivity index (χ2v) is 7.34. The molecule has 1 saturated heterocycles. The topological polar surface area (TPSA) is 63.4 Å². The minimum absolute atomic E-state index is 0.143. The molecule has 0 bridgehead atoms. The van der Waals surface area contributed by atoms with E-state index in [1.165, 1.54) is 22.5 Å². The molecular weight excluding hydrogens is 279 g/mol. The van der Waals surface area contributed by atoms with Gasteiger partial charge in [0.25, 0.3) is 0 Å². The third kappa shape index (κ3) is 2.87. The summed E-state index contributed by atoms with van der Waals surface area (Å²) in [5, 5.41) is 0. The molecule has 0 spiro atoms. The van der Waals surface area contributed by atoms with E-state index in [0.717, 1.165) is 19.3 Å². The Hall–Kier alpha value is -0.980. The van der Waals surface area contributed by atoms with E-state index in [4.69, 9.17) is 5.73 Å². The van der Waals surface area contributed by atoms with Gasteiger partial charge in [-0.1, -0.05) is 6.42 Å². The molecule has 0 radical (unpaired) electrons. The van der Waals surface area contributed by atoms with Crippen LogP contribution in [0.25, 0.3) is 0 Å². The molecule has 1 aromatic carbocycles. The van der Waals surface area contributed by atoms with Gasteiger partial charge >= 0.3 is 0 Å². The molecule has 1 aromatic rings. The predicted octanol–water partition coefficient (Wildman–Crippen LogP) is 2.02. The molecular formula is C14H21FN2O2S. The van der Waals surface area contributed by atoms with E-state index >= 15 is 0 Å². The number of aryl methyl sites for hydroxylation is 1. The van der Waals surface area contributed by atoms with Gasteiger partial charge in [-0.3, -0.25) is 0 Å². The number of sulfonamides is 1. The quantitative estimate of drug-likeness (QED) is 0.929. The van der Waals surface area contributed by atoms with Crippen LogP contribution < -0.4 is 5.73 Å². The monoisotopic (exact) mass is 300 g/mol. The van der Waals surface area contributed by atoms with Crippen LogP contribution in [0.5, 0.6) is 0 Å². The minimum Gasteiger partial charge on any atom is -0.326 e. The van der Waals surface area contributed by atoms with Crippen molar-refractivity contribution < 1.29 is 12.8 Å². The van der Waals surface area contributed by atoms with Crippen LogP contribution in [0.2, 0.25) is 0 Å². The highest BCUT2D eigenvalue weighted by Crippen LogP contribution is 2.27. The highest BCUT2D eigenvalue weighted by molar-refractivity contribution is 7.89. The molecule has 112 valence electrons. The molecule has 0 aromatic heterocycles. The fourth-order valence-corrected chi connectivity index (χ4v) is 4.53. The first-order valence-electron chi connectivity index (χ1n) is 6.87. The van der Waals surface area contributed by atoms with Crippen molar-refractivity contribution in [3.63, 3.8) is 0 Å². The smallest absolute Gasteiger partial charge is 0.243 e. The maximum atomic E-state index is 13.3. The van der Waals surface area contributed by atoms with Crippen LogP contribution in [0.3, 0.4) is 0 Å². The number of nitrogens with two attached hydrogens (primary N) is 1. The third-order valence-corrected chi connectivity index (χ3v) is 5.76. The lowest BCUT2D eigenvalue weighted by Crippen LogP contribution is -2.51. The Morgan fingerprint density at radius 2 is 2.10 bits per heavy atom. The molecule has 2 N–H and O–H groups in total. The van der Waals surface area contributed by atoms with Gasteiger partial charge in [-0.25, -0.2) is 12.8 Å². The first-order valence-corrected chi connectivity index (χ1v) is 8.31. The normalized spacial score (nSPS) is 22.7. The summed E-state index contributed by atoms with van der Waals surface area (Å²) in [5.74, 6) is -0.397. The number of piperidine rings is 1. The van der Waals surface area contributed by atoms with E-state index in [0.29, 0.717) is 12.1 Å². The zero-order valence-corrected chi connectivity index (χ0v) is 12.7. The van der Waals surface area contributed by atoms with Gasteiger partial charge in [0.15, 0.2) is 0 Å². The van der Waals surface area contributed by atoms with E-state index in [-0.39, 0.29) is 17.0 Å². The van der Waals surface area contributed by atoms with Gasteiger partial charge in [0.2, 0.25) is 10.0 Å². The van der Waals surface area contributed by atoms with Gasteiger partial charge in [0.05, 0.1) is 4.90 Å². The molecule has 1 aliphatic heterocycles. The average molecular weight is 300 g/mol. The van der Waals surface area contributed by atoms with Crippen LogP contribution in [-0.2, 0) is 10.0 Å². The van der Waals surface area contributed by atoms with Crippen molar-refractivity contribution in [1.82, 2.24) is 4.31 Å². The van der Waals surface area contributed by atoms with Crippen molar-refractivity contribution in [3.8, 4) is 0 Å². The van der Waals surface area contributed by atoms with Gasteiger partial charge < -0.3 is 5.73 Å². The van der Waals surface area contributed by atoms with E-state index < -0.39 is 15.8 Å². The standard InChI is InChI=1S/C14H21FN2O2S/c1-10-9-12(6-7-13(10)15)20(18,19)17-8-4-3-5-14(17)11(2)16/h6-7,9,11,14H,3-5,8,16H2,1-2H3. The molecule has 1 heterocycles. The lowest BCUT2D eigenvalue weighted by atomic mass is 10.00. The molecule has 1 aliphatic rings. The number of halogens is 1. The zero-order chi connectivity index (χ0) is 14.9. The molecule has 4 nitrogen and oxygen atoms in total. The molecule has 2 rings (SSSR count). The van der Waals surface area contributed by atoms with E-state index in [9.17, 15) is 12.8 Å². The SMILES string of the molecule is Cc1cc(S(=O)(=O)N2CCCCC2C(C)N)ccc1F. The summed E-state index contributed by atoms with van der Waals surface area (Å²) < 4.78 is 40.2. The van der Waals surface area contributed by atoms with Crippen LogP contribution in [-0.4, -0.2) is 31.4 Å². The largest absolute Gasteiger partial charge is 0.326 e. The molecule has 6 heteroatoms. The average Bonchev–Trinajstić information content (AvgIpc) is 2.41. The van der Waals surface area contributed by atoms with Gasteiger partial charge in [-0.15, -0.1) is 0 Å². The number of hydrogen-bond donors (Lipinski definition) is 1. The summed E-state index contributed by atoms with van der Waals surface area (Å²) in [6.07, 6.45) is 2.60. The van der Waals surface area contributed by atoms with Gasteiger partial charge in [-0.05, 0) is 50.5 Å². The maximum Gasteiger partial charge on any atom is 0.243 e. The second kappa shape index (κ2) is 5.79. The summed E-state index contributed by atoms with van der Waals surface area (Å²) >= 11 is 0. The third-order valence-electron chi connectivity index (χ3n) is 3.84. The predicted molar refractivity (Wildman–Crippen MR) is 76.3 cm³/mol. The van der Waals surface area contributed by atoms with Gasteiger partial charge in [0.1, 0.15) is 5.82 Å². The first kappa shape index (κ1) is 15.4. The van der Waals surface area contributed by atoms with E-state index in [1.807, 2.05) is 6.92 Å². The molecule has 0 amide bonds. The fraction of sp³-hybridized carbons (Fsp3) is 0.571. The minimum atomic E-state index is -3.61. The van der Waals surface area contributed by atoms with Gasteiger partial charge in [-0.2, -0.15) is 4.31 Å². The van der Waals surface area contributed by atoms with Crippen LogP contribution in [0.1, 0.15) is 31.7 Å². The molecule has 2 atom stereocenters. The lowest BCUT2D eigenvalue weighted by molar-refractivity contribution is 0.227. The van der Waals surface area contributed by atoms with Crippen LogP contribution in [0.4, 0.5) is 4.39 Å². The summed E-state index contributed by atoms with van der Waals surface area (Å²) in [6.45, 7) is 3.87. The van der Waals surface area contributed by atoms with Crippen molar-refractivity contribution in [2.45, 2.75) is 50.1 Å². The number of nitrogens with zero attached hydrogens (tertiary/aromatic N) is 1. The summed E-state index contributed by atoms with van der Waals surface area (Å²) in [6, 6.07) is 3.51. The summed E-state index contributed by atoms with van der Waals surface area (Å²) in [4.78, 5) is 0.143. The Kier molecular flexibility index (Phi) is 4.46. The number of rotatable bonds is 3. The van der Waals surface area contributed by atoms with Crippen LogP contribution in [0.15, 0.2) is 23.1 Å². The Balaban J connectivity index is 2.39. The van der Waals surface area contributed by atoms with Crippen molar-refractivity contribution in [2.75, 3.05) is 6.54 Å². The summed E-state index contributed by atoms with van der Waals surface area (Å²) in [5.41, 5.74) is 6.25. The Labute approximate surface area is 119 Å². The Morgan fingerprint density at radius 3 is 2.70 bits per heavy atom. The fourth-order valence-electron chi connectivity index (χ4n) is 2.67. The number of hydrogen-bond acceptors (Lipinski definition) is 3. The van der Waals surface area contributed by atoms with Crippen molar-refractivity contribution in [3.05, 3.63) is 29.6 Å². The Morgan fingerprint density at radius 1 is 1.40 bits per heavy atom. The van der Waals surface area contributed by atoms with Crippen LogP contribution >= 0.6 is 0 Å². The zero-order valence-electron chi connectivity index (χ0n) is 11.8. The first-order chi connectivity index (χ1) is 9.34. The molecule has 0 aliphatic carbocycles. The summed E-state index contributed by atoms with van der Waals surface area (Å²) in [7, 11) is -3.61. The molecule has 20 heavy (non-hydrogen) atoms. The molecule has 1 fully saturated rings. The molecule has 2 unspecified atom stereocenters. The second-order valence-electron chi connectivity index (χ2n) is 5.45.